The number of fused-ring (bicyclic) bond motifs is 1. The zero-order valence-corrected chi connectivity index (χ0v) is 12.7. The van der Waals surface area contributed by atoms with E-state index in [1.807, 2.05) is 24.3 Å². The van der Waals surface area contributed by atoms with Crippen molar-refractivity contribution in [2.45, 2.75) is 25.7 Å². The average Bonchev–Trinajstić information content (AvgIpc) is 2.53. The molecule has 1 saturated carbocycles. The van der Waals surface area contributed by atoms with E-state index in [0.29, 0.717) is 4.99 Å². The van der Waals surface area contributed by atoms with Gasteiger partial charge in [-0.05, 0) is 54.5 Å². The van der Waals surface area contributed by atoms with Gasteiger partial charge in [0.15, 0.2) is 0 Å². The first-order valence-electron chi connectivity index (χ1n) is 7.13. The lowest BCUT2D eigenvalue weighted by molar-refractivity contribution is 0.415. The van der Waals surface area contributed by atoms with Crippen LogP contribution in [0, 0.1) is 17.2 Å². The van der Waals surface area contributed by atoms with Crippen LogP contribution in [0.4, 0.5) is 0 Å². The van der Waals surface area contributed by atoms with Gasteiger partial charge in [-0.25, -0.2) is 4.99 Å². The zero-order valence-electron chi connectivity index (χ0n) is 11.9. The minimum Gasteiger partial charge on any atom is -0.497 e. The number of aliphatic imine (C=N–C) groups is 1. The minimum absolute atomic E-state index is 0.412. The summed E-state index contributed by atoms with van der Waals surface area (Å²) in [5, 5.41) is 9.52. The van der Waals surface area contributed by atoms with Gasteiger partial charge in [-0.2, -0.15) is 5.26 Å². The minimum atomic E-state index is -0.412. The number of methoxy groups -OCH3 is 1. The highest BCUT2D eigenvalue weighted by atomic mass is 32.1. The molecule has 2 aliphatic rings. The van der Waals surface area contributed by atoms with E-state index in [9.17, 15) is 5.26 Å². The lowest BCUT2D eigenvalue weighted by atomic mass is 9.79. The number of thiocarbonyl (C=S) groups is 1. The molecule has 0 spiro atoms. The molecule has 21 heavy (non-hydrogen) atoms. The van der Waals surface area contributed by atoms with Gasteiger partial charge >= 0.3 is 0 Å². The number of hydrogen-bond donors (Lipinski definition) is 0. The summed E-state index contributed by atoms with van der Waals surface area (Å²) in [5.74, 6) is 0.402. The molecule has 0 aromatic heterocycles. The van der Waals surface area contributed by atoms with E-state index >= 15 is 0 Å². The van der Waals surface area contributed by atoms with Gasteiger partial charge in [0, 0.05) is 5.71 Å². The summed E-state index contributed by atoms with van der Waals surface area (Å²) in [4.78, 5) is 5.01. The molecular formula is C17H16N2OS. The summed E-state index contributed by atoms with van der Waals surface area (Å²) in [6.45, 7) is 0. The van der Waals surface area contributed by atoms with Crippen LogP contribution in [0.15, 0.2) is 34.8 Å². The molecule has 0 saturated heterocycles. The SMILES string of the molecule is COc1ccc(C2=C3CCCCC3=NC(=S)C2C#N)cc1. The van der Waals surface area contributed by atoms with Gasteiger partial charge < -0.3 is 4.74 Å². The molecule has 4 heteroatoms. The van der Waals surface area contributed by atoms with Gasteiger partial charge in [0.1, 0.15) is 16.7 Å². The summed E-state index contributed by atoms with van der Waals surface area (Å²) in [6.07, 6.45) is 4.26. The topological polar surface area (TPSA) is 45.4 Å². The number of nitrogens with zero attached hydrogens (tertiary/aromatic N) is 2. The normalized spacial score (nSPS) is 21.4. The molecular weight excluding hydrogens is 280 g/mol. The number of benzene rings is 1. The Morgan fingerprint density at radius 1 is 1.24 bits per heavy atom. The van der Waals surface area contributed by atoms with Crippen molar-refractivity contribution in [3.8, 4) is 11.8 Å². The van der Waals surface area contributed by atoms with Crippen LogP contribution < -0.4 is 4.74 Å². The second kappa shape index (κ2) is 5.79. The third-order valence-electron chi connectivity index (χ3n) is 4.07. The average molecular weight is 296 g/mol. The molecule has 0 N–H and O–H groups in total. The van der Waals surface area contributed by atoms with Crippen LogP contribution in [0.25, 0.3) is 5.57 Å². The maximum atomic E-state index is 9.52. The number of rotatable bonds is 2. The summed E-state index contributed by atoms with van der Waals surface area (Å²) in [7, 11) is 1.65. The molecule has 1 heterocycles. The van der Waals surface area contributed by atoms with E-state index in [4.69, 9.17) is 17.0 Å². The first-order chi connectivity index (χ1) is 10.2. The van der Waals surface area contributed by atoms with Crippen molar-refractivity contribution in [2.24, 2.45) is 10.9 Å². The maximum Gasteiger partial charge on any atom is 0.125 e. The first kappa shape index (κ1) is 14.0. The van der Waals surface area contributed by atoms with Crippen LogP contribution >= 0.6 is 12.2 Å². The predicted octanol–water partition coefficient (Wildman–Crippen LogP) is 3.94. The van der Waals surface area contributed by atoms with Gasteiger partial charge in [-0.1, -0.05) is 24.4 Å². The summed E-state index contributed by atoms with van der Waals surface area (Å²) in [6, 6.07) is 10.2. The molecule has 1 fully saturated rings. The second-order valence-electron chi connectivity index (χ2n) is 5.29. The van der Waals surface area contributed by atoms with Crippen LogP contribution in [0.2, 0.25) is 0 Å². The van der Waals surface area contributed by atoms with Crippen LogP contribution in [0.3, 0.4) is 0 Å². The van der Waals surface area contributed by atoms with E-state index in [0.717, 1.165) is 48.3 Å². The molecule has 0 radical (unpaired) electrons. The number of nitriles is 1. The summed E-state index contributed by atoms with van der Waals surface area (Å²) in [5.41, 5.74) is 4.42. The van der Waals surface area contributed by atoms with E-state index in [1.165, 1.54) is 5.57 Å². The summed E-state index contributed by atoms with van der Waals surface area (Å²) >= 11 is 5.35. The van der Waals surface area contributed by atoms with Gasteiger partial charge in [-0.3, -0.25) is 0 Å². The molecule has 1 aromatic rings. The molecule has 1 atom stereocenters. The predicted molar refractivity (Wildman–Crippen MR) is 87.5 cm³/mol. The maximum absolute atomic E-state index is 9.52. The molecule has 1 aliphatic heterocycles. The summed E-state index contributed by atoms with van der Waals surface area (Å²) < 4.78 is 5.21. The van der Waals surface area contributed by atoms with Crippen molar-refractivity contribution in [3.63, 3.8) is 0 Å². The molecule has 1 aliphatic carbocycles. The quantitative estimate of drug-likeness (QED) is 0.776. The van der Waals surface area contributed by atoms with E-state index < -0.39 is 5.92 Å². The van der Waals surface area contributed by atoms with E-state index in [2.05, 4.69) is 11.1 Å². The Balaban J connectivity index is 2.13. The lowest BCUT2D eigenvalue weighted by Crippen LogP contribution is -2.24. The van der Waals surface area contributed by atoms with Crippen LogP contribution in [0.5, 0.6) is 5.75 Å². The van der Waals surface area contributed by atoms with E-state index in [1.54, 1.807) is 7.11 Å². The highest BCUT2D eigenvalue weighted by Gasteiger charge is 2.31. The molecule has 1 unspecified atom stereocenters. The number of hydrogen-bond acceptors (Lipinski definition) is 3. The highest BCUT2D eigenvalue weighted by molar-refractivity contribution is 7.80. The third-order valence-corrected chi connectivity index (χ3v) is 4.40. The van der Waals surface area contributed by atoms with Crippen molar-refractivity contribution in [2.75, 3.05) is 7.11 Å². The largest absolute Gasteiger partial charge is 0.497 e. The molecule has 1 aromatic carbocycles. The Morgan fingerprint density at radius 2 is 1.95 bits per heavy atom. The smallest absolute Gasteiger partial charge is 0.125 e. The van der Waals surface area contributed by atoms with Crippen molar-refractivity contribution in [3.05, 3.63) is 35.4 Å². The van der Waals surface area contributed by atoms with Crippen molar-refractivity contribution in [1.29, 1.82) is 5.26 Å². The van der Waals surface area contributed by atoms with Crippen molar-refractivity contribution >= 4 is 28.5 Å². The highest BCUT2D eigenvalue weighted by Crippen LogP contribution is 2.38. The number of dihydropyridines is 1. The van der Waals surface area contributed by atoms with Crippen LogP contribution in [-0.2, 0) is 0 Å². The van der Waals surface area contributed by atoms with Crippen molar-refractivity contribution in [1.82, 2.24) is 0 Å². The van der Waals surface area contributed by atoms with Crippen molar-refractivity contribution < 1.29 is 4.74 Å². The molecule has 3 rings (SSSR count). The van der Waals surface area contributed by atoms with Gasteiger partial charge in [0.2, 0.25) is 0 Å². The number of allylic oxidation sites excluding steroid dienone is 1. The van der Waals surface area contributed by atoms with Gasteiger partial charge in [0.05, 0.1) is 13.2 Å². The zero-order chi connectivity index (χ0) is 14.8. The molecule has 0 bridgehead atoms. The standard InChI is InChI=1S/C17H16N2OS/c1-20-12-8-6-11(7-9-12)16-13-4-2-3-5-15(13)19-17(21)14(16)10-18/h6-9,14H,2-5H2,1H3. The molecule has 0 amide bonds. The Kier molecular flexibility index (Phi) is 3.85. The van der Waals surface area contributed by atoms with Crippen LogP contribution in [0.1, 0.15) is 31.2 Å². The Labute approximate surface area is 130 Å². The Hall–Kier alpha value is -1.99. The fourth-order valence-electron chi connectivity index (χ4n) is 3.03. The Bertz CT molecular complexity index is 680. The van der Waals surface area contributed by atoms with Gasteiger partial charge in [0.25, 0.3) is 0 Å². The van der Waals surface area contributed by atoms with E-state index in [-0.39, 0.29) is 0 Å². The Morgan fingerprint density at radius 3 is 2.62 bits per heavy atom. The van der Waals surface area contributed by atoms with Gasteiger partial charge in [-0.15, -0.1) is 0 Å². The fraction of sp³-hybridized carbons (Fsp3) is 0.353. The van der Waals surface area contributed by atoms with Crippen LogP contribution in [-0.4, -0.2) is 17.8 Å². The third kappa shape index (κ3) is 2.50. The first-order valence-corrected chi connectivity index (χ1v) is 7.54. The molecule has 3 nitrogen and oxygen atoms in total. The number of ether oxygens (including phenoxy) is 1. The monoisotopic (exact) mass is 296 g/mol. The second-order valence-corrected chi connectivity index (χ2v) is 5.70. The fourth-order valence-corrected chi connectivity index (χ4v) is 3.31. The molecule has 106 valence electrons. The lowest BCUT2D eigenvalue weighted by Gasteiger charge is -2.28.